The number of anilines is 1. The normalized spacial score (nSPS) is 16.6. The van der Waals surface area contributed by atoms with E-state index in [1.54, 1.807) is 11.1 Å². The van der Waals surface area contributed by atoms with Gasteiger partial charge in [-0.2, -0.15) is 5.10 Å². The van der Waals surface area contributed by atoms with Crippen LogP contribution < -0.4 is 15.1 Å². The van der Waals surface area contributed by atoms with Crippen molar-refractivity contribution in [3.63, 3.8) is 0 Å². The molecule has 3 rings (SSSR count). The minimum atomic E-state index is -0.407. The van der Waals surface area contributed by atoms with Gasteiger partial charge in [-0.05, 0) is 60.9 Å². The zero-order valence-electron chi connectivity index (χ0n) is 16.2. The van der Waals surface area contributed by atoms with E-state index in [1.165, 1.54) is 5.56 Å². The highest BCUT2D eigenvalue weighted by Crippen LogP contribution is 2.25. The Morgan fingerprint density at radius 3 is 2.54 bits per heavy atom. The summed E-state index contributed by atoms with van der Waals surface area (Å²) in [7, 11) is 0. The second-order valence-corrected chi connectivity index (χ2v) is 6.66. The maximum absolute atomic E-state index is 12.4. The highest BCUT2D eigenvalue weighted by Gasteiger charge is 2.35. The zero-order valence-corrected chi connectivity index (χ0v) is 16.2. The van der Waals surface area contributed by atoms with Crippen molar-refractivity contribution in [2.24, 2.45) is 11.0 Å². The van der Waals surface area contributed by atoms with Crippen LogP contribution >= 0.6 is 0 Å². The largest absolute Gasteiger partial charge is 0.494 e. The predicted molar refractivity (Wildman–Crippen MR) is 110 cm³/mol. The summed E-state index contributed by atoms with van der Waals surface area (Å²) >= 11 is 0. The maximum Gasteiger partial charge on any atom is 0.245 e. The van der Waals surface area contributed by atoms with Gasteiger partial charge in [0.2, 0.25) is 11.8 Å². The Balaban J connectivity index is 1.55. The van der Waals surface area contributed by atoms with Crippen molar-refractivity contribution in [1.82, 2.24) is 5.43 Å². The van der Waals surface area contributed by atoms with E-state index in [-0.39, 0.29) is 18.2 Å². The number of nitrogens with zero attached hydrogens (tertiary/aromatic N) is 2. The van der Waals surface area contributed by atoms with Crippen LogP contribution in [-0.4, -0.2) is 31.2 Å². The van der Waals surface area contributed by atoms with E-state index in [9.17, 15) is 9.59 Å². The molecule has 1 heterocycles. The van der Waals surface area contributed by atoms with Gasteiger partial charge in [-0.25, -0.2) is 5.43 Å². The number of carbonyl (C=O) groups is 2. The predicted octanol–water partition coefficient (Wildman–Crippen LogP) is 3.15. The Hall–Kier alpha value is -3.15. The highest BCUT2D eigenvalue weighted by atomic mass is 16.5. The van der Waals surface area contributed by atoms with E-state index in [1.807, 2.05) is 55.5 Å². The van der Waals surface area contributed by atoms with Gasteiger partial charge in [0.1, 0.15) is 5.75 Å². The number of ether oxygens (including phenoxy) is 1. The number of benzene rings is 2. The molecular formula is C22H25N3O3. The Morgan fingerprint density at radius 2 is 1.89 bits per heavy atom. The number of hydrogen-bond acceptors (Lipinski definition) is 4. The Bertz CT molecular complexity index is 844. The zero-order chi connectivity index (χ0) is 19.9. The average Bonchev–Trinajstić information content (AvgIpc) is 3.11. The van der Waals surface area contributed by atoms with Crippen molar-refractivity contribution in [2.45, 2.75) is 26.7 Å². The summed E-state index contributed by atoms with van der Waals surface area (Å²) in [6, 6.07) is 15.3. The van der Waals surface area contributed by atoms with Crippen LogP contribution in [0.1, 0.15) is 31.4 Å². The van der Waals surface area contributed by atoms with Crippen molar-refractivity contribution in [3.05, 3.63) is 59.7 Å². The molecule has 6 heteroatoms. The molecule has 1 saturated heterocycles. The number of aryl methyl sites for hydroxylation is 1. The van der Waals surface area contributed by atoms with Crippen LogP contribution in [0.5, 0.6) is 5.75 Å². The van der Waals surface area contributed by atoms with Gasteiger partial charge in [-0.15, -0.1) is 0 Å². The third kappa shape index (κ3) is 4.76. The minimum absolute atomic E-state index is 0.0418. The molecule has 0 aromatic heterocycles. The second-order valence-electron chi connectivity index (χ2n) is 6.66. The summed E-state index contributed by atoms with van der Waals surface area (Å²) in [5, 5.41) is 4.01. The molecule has 0 bridgehead atoms. The first-order valence-corrected chi connectivity index (χ1v) is 9.55. The minimum Gasteiger partial charge on any atom is -0.494 e. The van der Waals surface area contributed by atoms with Gasteiger partial charge in [0.15, 0.2) is 0 Å². The topological polar surface area (TPSA) is 71.0 Å². The summed E-state index contributed by atoms with van der Waals surface area (Å²) in [5.74, 6) is 0.0964. The van der Waals surface area contributed by atoms with Crippen molar-refractivity contribution in [2.75, 3.05) is 18.1 Å². The molecule has 0 radical (unpaired) electrons. The molecule has 0 unspecified atom stereocenters. The van der Waals surface area contributed by atoms with E-state index in [0.717, 1.165) is 23.4 Å². The Labute approximate surface area is 165 Å². The van der Waals surface area contributed by atoms with Gasteiger partial charge in [-0.1, -0.05) is 19.1 Å². The second kappa shape index (κ2) is 9.17. The van der Waals surface area contributed by atoms with Gasteiger partial charge in [0.25, 0.3) is 0 Å². The average molecular weight is 379 g/mol. The number of hydrogen-bond donors (Lipinski definition) is 1. The summed E-state index contributed by atoms with van der Waals surface area (Å²) in [6.07, 6.45) is 2.72. The number of amides is 2. The van der Waals surface area contributed by atoms with Crippen molar-refractivity contribution in [1.29, 1.82) is 0 Å². The molecule has 2 aromatic carbocycles. The van der Waals surface area contributed by atoms with Crippen LogP contribution in [0.15, 0.2) is 53.6 Å². The Kier molecular flexibility index (Phi) is 6.42. The fourth-order valence-electron chi connectivity index (χ4n) is 3.12. The lowest BCUT2D eigenvalue weighted by Gasteiger charge is -2.16. The lowest BCUT2D eigenvalue weighted by atomic mass is 10.1. The van der Waals surface area contributed by atoms with Gasteiger partial charge >= 0.3 is 0 Å². The standard InChI is InChI=1S/C22H25N3O3/c1-3-16-5-9-19(10-6-16)25-15-18(13-21(25)26)22(27)24-23-14-17-7-11-20(12-8-17)28-4-2/h5-12,14,18H,3-4,13,15H2,1-2H3,(H,24,27)/b23-14+/t18-/m0/s1. The molecule has 0 spiro atoms. The van der Waals surface area contributed by atoms with Crippen LogP contribution in [0.2, 0.25) is 0 Å². The maximum atomic E-state index is 12.4. The first kappa shape index (κ1) is 19.6. The third-order valence-electron chi connectivity index (χ3n) is 4.73. The molecule has 1 aliphatic heterocycles. The van der Waals surface area contributed by atoms with Crippen molar-refractivity contribution in [3.8, 4) is 5.75 Å². The van der Waals surface area contributed by atoms with E-state index < -0.39 is 5.92 Å². The van der Waals surface area contributed by atoms with Crippen molar-refractivity contribution < 1.29 is 14.3 Å². The summed E-state index contributed by atoms with van der Waals surface area (Å²) in [6.45, 7) is 5.00. The SMILES string of the molecule is CCOc1ccc(/C=N/NC(=O)[C@H]2CC(=O)N(c3ccc(CC)cc3)C2)cc1. The summed E-state index contributed by atoms with van der Waals surface area (Å²) < 4.78 is 5.39. The van der Waals surface area contributed by atoms with Crippen molar-refractivity contribution >= 4 is 23.7 Å². The van der Waals surface area contributed by atoms with E-state index in [0.29, 0.717) is 13.2 Å². The molecular weight excluding hydrogens is 354 g/mol. The van der Waals surface area contributed by atoms with Gasteiger partial charge < -0.3 is 9.64 Å². The molecule has 0 aliphatic carbocycles. The third-order valence-corrected chi connectivity index (χ3v) is 4.73. The molecule has 1 aliphatic rings. The van der Waals surface area contributed by atoms with Crippen LogP contribution in [0.25, 0.3) is 0 Å². The molecule has 0 saturated carbocycles. The fourth-order valence-corrected chi connectivity index (χ4v) is 3.12. The van der Waals surface area contributed by atoms with E-state index in [4.69, 9.17) is 4.74 Å². The molecule has 1 N–H and O–H groups in total. The number of nitrogens with one attached hydrogen (secondary N) is 1. The molecule has 2 aromatic rings. The summed E-state index contributed by atoms with van der Waals surface area (Å²) in [5.41, 5.74) is 5.44. The van der Waals surface area contributed by atoms with Crippen LogP contribution in [0.4, 0.5) is 5.69 Å². The fraction of sp³-hybridized carbons (Fsp3) is 0.318. The number of hydrazone groups is 1. The Morgan fingerprint density at radius 1 is 1.18 bits per heavy atom. The van der Waals surface area contributed by atoms with Gasteiger partial charge in [0, 0.05) is 18.7 Å². The smallest absolute Gasteiger partial charge is 0.245 e. The highest BCUT2D eigenvalue weighted by molar-refractivity contribution is 6.00. The summed E-state index contributed by atoms with van der Waals surface area (Å²) in [4.78, 5) is 26.4. The molecule has 1 fully saturated rings. The van der Waals surface area contributed by atoms with Crippen LogP contribution in [0.3, 0.4) is 0 Å². The lowest BCUT2D eigenvalue weighted by Crippen LogP contribution is -2.30. The van der Waals surface area contributed by atoms with E-state index >= 15 is 0 Å². The van der Waals surface area contributed by atoms with Crippen LogP contribution in [0, 0.1) is 5.92 Å². The molecule has 6 nitrogen and oxygen atoms in total. The molecule has 2 amide bonds. The molecule has 28 heavy (non-hydrogen) atoms. The molecule has 1 atom stereocenters. The van der Waals surface area contributed by atoms with Gasteiger partial charge in [0.05, 0.1) is 18.7 Å². The first-order chi connectivity index (χ1) is 13.6. The quantitative estimate of drug-likeness (QED) is 0.593. The van der Waals surface area contributed by atoms with Crippen LogP contribution in [-0.2, 0) is 16.0 Å². The first-order valence-electron chi connectivity index (χ1n) is 9.55. The monoisotopic (exact) mass is 379 g/mol. The van der Waals surface area contributed by atoms with E-state index in [2.05, 4.69) is 17.5 Å². The van der Waals surface area contributed by atoms with Gasteiger partial charge in [-0.3, -0.25) is 9.59 Å². The number of rotatable bonds is 7. The lowest BCUT2D eigenvalue weighted by molar-refractivity contribution is -0.126. The molecule has 146 valence electrons. The number of carbonyl (C=O) groups excluding carboxylic acids is 2.